The Morgan fingerprint density at radius 3 is 2.37 bits per heavy atom. The normalized spacial score (nSPS) is 14.6. The third kappa shape index (κ3) is 6.26. The number of nitrogens with zero attached hydrogens (tertiary/aromatic N) is 8. The largest absolute Gasteiger partial charge is 0.444 e. The molecule has 1 aromatic carbocycles. The molecule has 0 unspecified atom stereocenters. The summed E-state index contributed by atoms with van der Waals surface area (Å²) in [5, 5.41) is 4.16. The highest BCUT2D eigenvalue weighted by atomic mass is 16.6. The van der Waals surface area contributed by atoms with Crippen LogP contribution in [0, 0.1) is 5.92 Å². The van der Waals surface area contributed by atoms with Gasteiger partial charge in [0.2, 0.25) is 0 Å². The van der Waals surface area contributed by atoms with Crippen LogP contribution in [-0.4, -0.2) is 75.1 Å². The number of rotatable bonds is 6. The van der Waals surface area contributed by atoms with E-state index in [0.29, 0.717) is 5.92 Å². The summed E-state index contributed by atoms with van der Waals surface area (Å²) in [4.78, 5) is 31.3. The zero-order valence-corrected chi connectivity index (χ0v) is 21.1. The molecule has 2 aromatic heterocycles. The average molecular weight is 479 g/mol. The predicted molar refractivity (Wildman–Crippen MR) is 135 cm³/mol. The zero-order chi connectivity index (χ0) is 25.0. The Bertz CT molecular complexity index is 1100. The standard InChI is InChI=1S/C25H34N8O2/c1-25(2,3)35-24(34)32-12-10-19(11-13-32)15-30(4)22-14-23(28-17-27-22)31(5)20-6-8-21(9-7-20)33-18-26-16-29-33/h6-9,14,16-19H,10-13,15H2,1-5H3. The van der Waals surface area contributed by atoms with E-state index in [1.54, 1.807) is 17.3 Å². The summed E-state index contributed by atoms with van der Waals surface area (Å²) in [6.45, 7) is 8.00. The zero-order valence-electron chi connectivity index (χ0n) is 21.1. The summed E-state index contributed by atoms with van der Waals surface area (Å²) in [6.07, 6.45) is 6.46. The highest BCUT2D eigenvalue weighted by Crippen LogP contribution is 2.26. The first-order valence-corrected chi connectivity index (χ1v) is 11.9. The van der Waals surface area contributed by atoms with Gasteiger partial charge >= 0.3 is 6.09 Å². The molecule has 186 valence electrons. The molecule has 0 saturated carbocycles. The molecule has 0 atom stereocenters. The van der Waals surface area contributed by atoms with Gasteiger partial charge in [-0.15, -0.1) is 0 Å². The molecule has 1 aliphatic heterocycles. The number of carbonyl (C=O) groups excluding carboxylic acids is 1. The molecular weight excluding hydrogens is 444 g/mol. The van der Waals surface area contributed by atoms with Crippen LogP contribution in [0.15, 0.2) is 49.3 Å². The second kappa shape index (κ2) is 10.3. The summed E-state index contributed by atoms with van der Waals surface area (Å²) in [5.74, 6) is 2.17. The number of hydrogen-bond acceptors (Lipinski definition) is 8. The van der Waals surface area contributed by atoms with Crippen LogP contribution in [0.25, 0.3) is 5.69 Å². The Balaban J connectivity index is 1.34. The maximum absolute atomic E-state index is 12.3. The Morgan fingerprint density at radius 1 is 1.06 bits per heavy atom. The van der Waals surface area contributed by atoms with Crippen molar-refractivity contribution in [3.63, 3.8) is 0 Å². The lowest BCUT2D eigenvalue weighted by Crippen LogP contribution is -2.43. The summed E-state index contributed by atoms with van der Waals surface area (Å²) in [5.41, 5.74) is 1.49. The van der Waals surface area contributed by atoms with Crippen molar-refractivity contribution in [1.29, 1.82) is 0 Å². The molecule has 1 amide bonds. The third-order valence-corrected chi connectivity index (χ3v) is 6.09. The fourth-order valence-corrected chi connectivity index (χ4v) is 4.14. The number of hydrogen-bond donors (Lipinski definition) is 0. The van der Waals surface area contributed by atoms with Crippen molar-refractivity contribution in [3.8, 4) is 5.69 Å². The smallest absolute Gasteiger partial charge is 0.410 e. The Kier molecular flexibility index (Phi) is 7.18. The minimum atomic E-state index is -0.467. The van der Waals surface area contributed by atoms with Gasteiger partial charge in [-0.3, -0.25) is 0 Å². The summed E-state index contributed by atoms with van der Waals surface area (Å²) < 4.78 is 7.23. The van der Waals surface area contributed by atoms with Gasteiger partial charge in [0.25, 0.3) is 0 Å². The van der Waals surface area contributed by atoms with E-state index in [2.05, 4.69) is 32.0 Å². The van der Waals surface area contributed by atoms with E-state index in [9.17, 15) is 4.79 Å². The van der Waals surface area contributed by atoms with Crippen molar-refractivity contribution < 1.29 is 9.53 Å². The van der Waals surface area contributed by atoms with Crippen molar-refractivity contribution >= 4 is 23.4 Å². The molecule has 3 heterocycles. The predicted octanol–water partition coefficient (Wildman–Crippen LogP) is 3.91. The molecule has 0 spiro atoms. The number of carbonyl (C=O) groups is 1. The van der Waals surface area contributed by atoms with Crippen molar-refractivity contribution in [2.24, 2.45) is 5.92 Å². The van der Waals surface area contributed by atoms with Crippen LogP contribution in [0.4, 0.5) is 22.1 Å². The third-order valence-electron chi connectivity index (χ3n) is 6.09. The lowest BCUT2D eigenvalue weighted by molar-refractivity contribution is 0.0186. The highest BCUT2D eigenvalue weighted by molar-refractivity contribution is 5.68. The maximum Gasteiger partial charge on any atom is 0.410 e. The minimum absolute atomic E-state index is 0.220. The molecule has 0 radical (unpaired) electrons. The highest BCUT2D eigenvalue weighted by Gasteiger charge is 2.27. The number of ether oxygens (including phenoxy) is 1. The second-order valence-electron chi connectivity index (χ2n) is 9.94. The number of amides is 1. The molecule has 0 N–H and O–H groups in total. The van der Waals surface area contributed by atoms with Gasteiger partial charge in [-0.25, -0.2) is 24.4 Å². The number of anilines is 3. The summed E-state index contributed by atoms with van der Waals surface area (Å²) >= 11 is 0. The lowest BCUT2D eigenvalue weighted by atomic mass is 9.96. The number of likely N-dealkylation sites (tertiary alicyclic amines) is 1. The van der Waals surface area contributed by atoms with E-state index < -0.39 is 5.60 Å². The van der Waals surface area contributed by atoms with Crippen molar-refractivity contribution in [3.05, 3.63) is 49.3 Å². The number of piperidine rings is 1. The van der Waals surface area contributed by atoms with Crippen LogP contribution in [0.5, 0.6) is 0 Å². The molecule has 3 aromatic rings. The molecule has 10 nitrogen and oxygen atoms in total. The average Bonchev–Trinajstić information content (AvgIpc) is 3.38. The summed E-state index contributed by atoms with van der Waals surface area (Å²) in [7, 11) is 4.04. The van der Waals surface area contributed by atoms with E-state index in [4.69, 9.17) is 4.74 Å². The van der Waals surface area contributed by atoms with E-state index >= 15 is 0 Å². The van der Waals surface area contributed by atoms with Crippen LogP contribution in [0.1, 0.15) is 33.6 Å². The van der Waals surface area contributed by atoms with Crippen LogP contribution in [0.2, 0.25) is 0 Å². The molecule has 1 fully saturated rings. The molecular formula is C25H34N8O2. The second-order valence-corrected chi connectivity index (χ2v) is 9.94. The van der Waals surface area contributed by atoms with Crippen LogP contribution >= 0.6 is 0 Å². The van der Waals surface area contributed by atoms with Gasteiger partial charge in [0.1, 0.15) is 36.2 Å². The van der Waals surface area contributed by atoms with E-state index in [-0.39, 0.29) is 6.09 Å². The van der Waals surface area contributed by atoms with Gasteiger partial charge < -0.3 is 19.4 Å². The van der Waals surface area contributed by atoms with Gasteiger partial charge in [-0.05, 0) is 63.8 Å². The van der Waals surface area contributed by atoms with Gasteiger partial charge in [-0.2, -0.15) is 5.10 Å². The number of benzene rings is 1. The molecule has 4 rings (SSSR count). The molecule has 0 aliphatic carbocycles. The van der Waals surface area contributed by atoms with Crippen LogP contribution < -0.4 is 9.80 Å². The van der Waals surface area contributed by atoms with Gasteiger partial charge in [0.05, 0.1) is 5.69 Å². The first-order valence-electron chi connectivity index (χ1n) is 11.9. The first-order chi connectivity index (χ1) is 16.7. The van der Waals surface area contributed by atoms with Crippen molar-refractivity contribution in [2.45, 2.75) is 39.2 Å². The Hall–Kier alpha value is -3.69. The minimum Gasteiger partial charge on any atom is -0.444 e. The van der Waals surface area contributed by atoms with Gasteiger partial charge in [-0.1, -0.05) is 0 Å². The van der Waals surface area contributed by atoms with Crippen molar-refractivity contribution in [2.75, 3.05) is 43.5 Å². The molecule has 10 heteroatoms. The Morgan fingerprint density at radius 2 is 1.74 bits per heavy atom. The molecule has 1 saturated heterocycles. The fraction of sp³-hybridized carbons (Fsp3) is 0.480. The molecule has 35 heavy (non-hydrogen) atoms. The lowest BCUT2D eigenvalue weighted by Gasteiger charge is -2.35. The van der Waals surface area contributed by atoms with E-state index in [1.807, 2.05) is 68.0 Å². The van der Waals surface area contributed by atoms with Gasteiger partial charge in [0.15, 0.2) is 0 Å². The molecule has 0 bridgehead atoms. The number of aromatic nitrogens is 5. The van der Waals surface area contributed by atoms with Crippen LogP contribution in [-0.2, 0) is 4.74 Å². The maximum atomic E-state index is 12.3. The fourth-order valence-electron chi connectivity index (χ4n) is 4.14. The topological polar surface area (TPSA) is 92.5 Å². The SMILES string of the molecule is CN(CC1CCN(C(=O)OC(C)(C)C)CC1)c1cc(N(C)c2ccc(-n3cncn3)cc2)ncn1. The van der Waals surface area contributed by atoms with E-state index in [1.165, 1.54) is 6.33 Å². The van der Waals surface area contributed by atoms with Crippen molar-refractivity contribution in [1.82, 2.24) is 29.6 Å². The summed E-state index contributed by atoms with van der Waals surface area (Å²) in [6, 6.07) is 10.1. The van der Waals surface area contributed by atoms with Crippen LogP contribution in [0.3, 0.4) is 0 Å². The molecule has 1 aliphatic rings. The Labute approximate surface area is 206 Å². The quantitative estimate of drug-likeness (QED) is 0.527. The monoisotopic (exact) mass is 478 g/mol. The first kappa shape index (κ1) is 24.4. The van der Waals surface area contributed by atoms with E-state index in [0.717, 1.165) is 55.5 Å². The van der Waals surface area contributed by atoms with Gasteiger partial charge in [0, 0.05) is 45.5 Å².